The average Bonchev–Trinajstić information content (AvgIpc) is 2.24. The van der Waals surface area contributed by atoms with Gasteiger partial charge >= 0.3 is 6.18 Å². The van der Waals surface area contributed by atoms with Crippen molar-refractivity contribution >= 4 is 10.2 Å². The lowest BCUT2D eigenvalue weighted by Crippen LogP contribution is -2.44. The van der Waals surface area contributed by atoms with E-state index in [0.717, 1.165) is 17.3 Å². The van der Waals surface area contributed by atoms with Crippen molar-refractivity contribution in [1.29, 1.82) is 0 Å². The molecule has 1 atom stereocenters. The molecule has 5 nitrogen and oxygen atoms in total. The largest absolute Gasteiger partial charge is 0.390 e. The Balaban J connectivity index is 4.14. The van der Waals surface area contributed by atoms with Crippen molar-refractivity contribution in [3.05, 3.63) is 0 Å². The molecule has 0 aromatic carbocycles. The van der Waals surface area contributed by atoms with E-state index in [1.54, 1.807) is 0 Å². The number of halogens is 3. The van der Waals surface area contributed by atoms with Crippen molar-refractivity contribution in [1.82, 2.24) is 14.3 Å². The summed E-state index contributed by atoms with van der Waals surface area (Å²) < 4.78 is 63.0. The van der Waals surface area contributed by atoms with E-state index in [2.05, 4.69) is 5.32 Å². The Labute approximate surface area is 119 Å². The molecule has 0 radical (unpaired) electrons. The normalized spacial score (nSPS) is 14.8. The van der Waals surface area contributed by atoms with Crippen LogP contribution in [0, 0.1) is 0 Å². The quantitative estimate of drug-likeness (QED) is 0.600. The second kappa shape index (κ2) is 8.81. The average molecular weight is 319 g/mol. The lowest BCUT2D eigenvalue weighted by molar-refractivity contribution is -0.137. The van der Waals surface area contributed by atoms with Crippen molar-refractivity contribution in [2.24, 2.45) is 0 Å². The first-order valence-corrected chi connectivity index (χ1v) is 8.03. The molecule has 0 rings (SSSR count). The first-order chi connectivity index (χ1) is 9.08. The number of rotatable bonds is 10. The highest BCUT2D eigenvalue weighted by Crippen LogP contribution is 2.21. The zero-order valence-corrected chi connectivity index (χ0v) is 12.9. The summed E-state index contributed by atoms with van der Waals surface area (Å²) in [5.41, 5.74) is 0. The van der Waals surface area contributed by atoms with Crippen LogP contribution in [0.2, 0.25) is 0 Å². The minimum absolute atomic E-state index is 0.255. The van der Waals surface area contributed by atoms with Crippen molar-refractivity contribution < 1.29 is 21.6 Å². The SMILES string of the molecule is CCCNCCCN(C)S(=O)(=O)NC(C)CC(F)(F)F. The number of hydrogen-bond donors (Lipinski definition) is 2. The fraction of sp³-hybridized carbons (Fsp3) is 1.00. The Kier molecular flexibility index (Phi) is 8.64. The molecule has 0 aliphatic carbocycles. The second-order valence-corrected chi connectivity index (χ2v) is 6.58. The highest BCUT2D eigenvalue weighted by molar-refractivity contribution is 7.87. The first kappa shape index (κ1) is 19.6. The van der Waals surface area contributed by atoms with E-state index in [0.29, 0.717) is 13.0 Å². The topological polar surface area (TPSA) is 61.4 Å². The molecule has 0 spiro atoms. The van der Waals surface area contributed by atoms with Crippen LogP contribution in [0.5, 0.6) is 0 Å². The molecule has 2 N–H and O–H groups in total. The molecule has 0 fully saturated rings. The molecule has 0 amide bonds. The molecular formula is C11H24F3N3O2S. The van der Waals surface area contributed by atoms with E-state index in [9.17, 15) is 21.6 Å². The molecule has 20 heavy (non-hydrogen) atoms. The zero-order chi connectivity index (χ0) is 15.8. The summed E-state index contributed by atoms with van der Waals surface area (Å²) in [4.78, 5) is 0. The van der Waals surface area contributed by atoms with E-state index >= 15 is 0 Å². The Morgan fingerprint density at radius 2 is 1.85 bits per heavy atom. The van der Waals surface area contributed by atoms with Crippen molar-refractivity contribution in [3.8, 4) is 0 Å². The van der Waals surface area contributed by atoms with Crippen LogP contribution in [0.25, 0.3) is 0 Å². The van der Waals surface area contributed by atoms with Crippen LogP contribution >= 0.6 is 0 Å². The molecule has 0 saturated heterocycles. The van der Waals surface area contributed by atoms with Gasteiger partial charge in [-0.25, -0.2) is 0 Å². The summed E-state index contributed by atoms with van der Waals surface area (Å²) in [5, 5.41) is 3.12. The summed E-state index contributed by atoms with van der Waals surface area (Å²) in [6, 6.07) is -1.18. The van der Waals surface area contributed by atoms with Gasteiger partial charge in [0.15, 0.2) is 0 Å². The molecule has 0 aromatic heterocycles. The van der Waals surface area contributed by atoms with Gasteiger partial charge in [0.1, 0.15) is 0 Å². The summed E-state index contributed by atoms with van der Waals surface area (Å²) in [7, 11) is -2.52. The van der Waals surface area contributed by atoms with Gasteiger partial charge < -0.3 is 5.32 Å². The molecule has 1 unspecified atom stereocenters. The maximum Gasteiger partial charge on any atom is 0.390 e. The lowest BCUT2D eigenvalue weighted by Gasteiger charge is -2.21. The summed E-state index contributed by atoms with van der Waals surface area (Å²) in [6.07, 6.45) is -3.97. The Morgan fingerprint density at radius 1 is 1.25 bits per heavy atom. The van der Waals surface area contributed by atoms with Gasteiger partial charge in [-0.3, -0.25) is 0 Å². The summed E-state index contributed by atoms with van der Waals surface area (Å²) in [6.45, 7) is 5.01. The van der Waals surface area contributed by atoms with Gasteiger partial charge in [0.05, 0.1) is 6.42 Å². The summed E-state index contributed by atoms with van der Waals surface area (Å²) in [5.74, 6) is 0. The molecule has 0 heterocycles. The molecular weight excluding hydrogens is 295 g/mol. The van der Waals surface area contributed by atoms with Crippen LogP contribution in [0.3, 0.4) is 0 Å². The monoisotopic (exact) mass is 319 g/mol. The number of nitrogens with one attached hydrogen (secondary N) is 2. The third-order valence-corrected chi connectivity index (χ3v) is 4.25. The molecule has 0 aromatic rings. The Morgan fingerprint density at radius 3 is 2.35 bits per heavy atom. The number of hydrogen-bond acceptors (Lipinski definition) is 3. The van der Waals surface area contributed by atoms with Gasteiger partial charge in [0.25, 0.3) is 10.2 Å². The highest BCUT2D eigenvalue weighted by Gasteiger charge is 2.32. The van der Waals surface area contributed by atoms with Gasteiger partial charge in [-0.2, -0.15) is 30.6 Å². The van der Waals surface area contributed by atoms with Gasteiger partial charge in [-0.1, -0.05) is 6.92 Å². The maximum atomic E-state index is 12.1. The van der Waals surface area contributed by atoms with E-state index in [4.69, 9.17) is 0 Å². The second-order valence-electron chi connectivity index (χ2n) is 4.77. The van der Waals surface area contributed by atoms with Crippen molar-refractivity contribution in [2.45, 2.75) is 45.3 Å². The molecule has 0 saturated carbocycles. The number of alkyl halides is 3. The van der Waals surface area contributed by atoms with Gasteiger partial charge in [0, 0.05) is 19.6 Å². The Bertz CT molecular complexity index is 360. The van der Waals surface area contributed by atoms with Gasteiger partial charge in [0.2, 0.25) is 0 Å². The van der Waals surface area contributed by atoms with E-state index in [1.807, 2.05) is 11.6 Å². The number of nitrogens with zero attached hydrogens (tertiary/aromatic N) is 1. The van der Waals surface area contributed by atoms with E-state index in [-0.39, 0.29) is 6.54 Å². The fourth-order valence-corrected chi connectivity index (χ4v) is 2.72. The van der Waals surface area contributed by atoms with E-state index < -0.39 is 28.8 Å². The standard InChI is InChI=1S/C11H24F3N3O2S/c1-4-6-15-7-5-8-17(3)20(18,19)16-10(2)9-11(12,13)14/h10,15-16H,4-9H2,1-3H3. The maximum absolute atomic E-state index is 12.1. The Hall–Kier alpha value is -0.380. The minimum atomic E-state index is -4.38. The van der Waals surface area contributed by atoms with Crippen LogP contribution in [0.4, 0.5) is 13.2 Å². The molecule has 0 aliphatic heterocycles. The van der Waals surface area contributed by atoms with Gasteiger partial charge in [-0.05, 0) is 32.9 Å². The smallest absolute Gasteiger partial charge is 0.317 e. The van der Waals surface area contributed by atoms with Crippen LogP contribution < -0.4 is 10.0 Å². The predicted octanol–water partition coefficient (Wildman–Crippen LogP) is 1.48. The lowest BCUT2D eigenvalue weighted by atomic mass is 10.2. The zero-order valence-electron chi connectivity index (χ0n) is 12.1. The van der Waals surface area contributed by atoms with E-state index in [1.165, 1.54) is 14.0 Å². The summed E-state index contributed by atoms with van der Waals surface area (Å²) >= 11 is 0. The van der Waals surface area contributed by atoms with Crippen LogP contribution in [-0.4, -0.2) is 51.6 Å². The first-order valence-electron chi connectivity index (χ1n) is 6.59. The predicted molar refractivity (Wildman–Crippen MR) is 72.6 cm³/mol. The third-order valence-electron chi connectivity index (χ3n) is 2.55. The van der Waals surface area contributed by atoms with Crippen LogP contribution in [-0.2, 0) is 10.2 Å². The minimum Gasteiger partial charge on any atom is -0.317 e. The molecule has 0 bridgehead atoms. The van der Waals surface area contributed by atoms with Crippen LogP contribution in [0.1, 0.15) is 33.1 Å². The van der Waals surface area contributed by atoms with Crippen molar-refractivity contribution in [3.63, 3.8) is 0 Å². The molecule has 122 valence electrons. The fourth-order valence-electron chi connectivity index (χ4n) is 1.58. The highest BCUT2D eigenvalue weighted by atomic mass is 32.2. The van der Waals surface area contributed by atoms with Gasteiger partial charge in [-0.15, -0.1) is 0 Å². The molecule has 0 aliphatic rings. The third kappa shape index (κ3) is 9.51. The molecule has 9 heteroatoms. The van der Waals surface area contributed by atoms with Crippen LogP contribution in [0.15, 0.2) is 0 Å². The van der Waals surface area contributed by atoms with Crippen molar-refractivity contribution in [2.75, 3.05) is 26.7 Å².